The number of esters is 2. The van der Waals surface area contributed by atoms with Crippen LogP contribution in [0.5, 0.6) is 23.0 Å². The minimum atomic E-state index is -5.75. The number of ether oxygens (including phenoxy) is 6. The molecule has 8 nitrogen and oxygen atoms in total. The molecule has 0 N–H and O–H groups in total. The van der Waals surface area contributed by atoms with Gasteiger partial charge in [-0.3, -0.25) is 0 Å². The first-order chi connectivity index (χ1) is 24.7. The van der Waals surface area contributed by atoms with Gasteiger partial charge in [-0.05, 0) is 85.4 Å². The number of hydrogen-bond acceptors (Lipinski definition) is 8. The van der Waals surface area contributed by atoms with Crippen LogP contribution in [0, 0.1) is 11.6 Å². The fourth-order valence-electron chi connectivity index (χ4n) is 4.84. The van der Waals surface area contributed by atoms with Gasteiger partial charge in [0.05, 0.1) is 38.6 Å². The second kappa shape index (κ2) is 16.6. The predicted octanol–water partition coefficient (Wildman–Crippen LogP) is 8.36. The lowest BCUT2D eigenvalue weighted by molar-refractivity contribution is -0.164. The molecule has 3 aromatic rings. The highest BCUT2D eigenvalue weighted by molar-refractivity contribution is 5.90. The molecule has 2 aliphatic heterocycles. The zero-order chi connectivity index (χ0) is 37.5. The maximum absolute atomic E-state index is 14.4. The van der Waals surface area contributed by atoms with Gasteiger partial charge in [-0.1, -0.05) is 12.1 Å². The van der Waals surface area contributed by atoms with Crippen LogP contribution in [0.25, 0.3) is 12.2 Å². The monoisotopic (exact) mass is 742 g/mol. The number of halogens is 8. The molecule has 0 aromatic heterocycles. The number of benzene rings is 3. The molecule has 2 heterocycles. The Hall–Kier alpha value is -4.96. The van der Waals surface area contributed by atoms with Crippen molar-refractivity contribution in [2.45, 2.75) is 50.2 Å². The summed E-state index contributed by atoms with van der Waals surface area (Å²) < 4.78 is 144. The first-order valence-corrected chi connectivity index (χ1v) is 15.9. The standard InChI is InChI=1S/C36H30F8O8/c37-25-17-21(5-9-27(25)47-15-1-3-23-19-49-23)7-13-31(45)51-29-11-12-30(34(36(42,43)44)33(29)35(39,40)41)52-32(46)14-8-22-6-10-28(26(38)18-22)48-16-2-4-24-20-50-24/h5-14,17-18,23-24H,1-4,15-16,19-20H2. The van der Waals surface area contributed by atoms with E-state index in [1.54, 1.807) is 0 Å². The maximum Gasteiger partial charge on any atom is 0.420 e. The van der Waals surface area contributed by atoms with Gasteiger partial charge in [0.25, 0.3) is 0 Å². The molecule has 0 bridgehead atoms. The maximum atomic E-state index is 14.4. The lowest BCUT2D eigenvalue weighted by atomic mass is 10.0. The van der Waals surface area contributed by atoms with Gasteiger partial charge in [0.15, 0.2) is 23.1 Å². The quantitative estimate of drug-likeness (QED) is 0.0361. The van der Waals surface area contributed by atoms with Crippen LogP contribution in [0.1, 0.15) is 47.9 Å². The van der Waals surface area contributed by atoms with Gasteiger partial charge in [0, 0.05) is 12.2 Å². The van der Waals surface area contributed by atoms with E-state index in [4.69, 9.17) is 18.9 Å². The van der Waals surface area contributed by atoms with Gasteiger partial charge in [0.1, 0.15) is 22.6 Å². The number of rotatable bonds is 16. The molecule has 3 aromatic carbocycles. The van der Waals surface area contributed by atoms with Gasteiger partial charge in [-0.2, -0.15) is 26.3 Å². The fourth-order valence-corrected chi connectivity index (χ4v) is 4.84. The highest BCUT2D eigenvalue weighted by Gasteiger charge is 2.49. The first-order valence-electron chi connectivity index (χ1n) is 15.9. The van der Waals surface area contributed by atoms with E-state index in [0.29, 0.717) is 50.3 Å². The van der Waals surface area contributed by atoms with Crippen LogP contribution in [0.2, 0.25) is 0 Å². The summed E-state index contributed by atoms with van der Waals surface area (Å²) in [6.07, 6.45) is -5.26. The third-order valence-electron chi connectivity index (χ3n) is 7.51. The second-order valence-electron chi connectivity index (χ2n) is 11.6. The number of epoxide rings is 2. The molecule has 16 heteroatoms. The van der Waals surface area contributed by atoms with E-state index in [-0.39, 0.29) is 48.0 Å². The van der Waals surface area contributed by atoms with Gasteiger partial charge < -0.3 is 28.4 Å². The molecule has 0 saturated carbocycles. The average Bonchev–Trinajstić information content (AvgIpc) is 4.01. The Morgan fingerprint density at radius 1 is 0.635 bits per heavy atom. The first kappa shape index (κ1) is 38.3. The zero-order valence-electron chi connectivity index (χ0n) is 27.0. The van der Waals surface area contributed by atoms with E-state index in [1.807, 2.05) is 0 Å². The van der Waals surface area contributed by atoms with E-state index < -0.39 is 58.6 Å². The SMILES string of the molecule is O=C(C=Cc1ccc(OCCCC2CO2)c(F)c1)Oc1ccc(OC(=O)C=Cc2ccc(OCCCC3CO3)c(F)c2)c(C(F)(F)F)c1C(F)(F)F. The van der Waals surface area contributed by atoms with E-state index in [9.17, 15) is 44.7 Å². The topological polar surface area (TPSA) is 96.1 Å². The van der Waals surface area contributed by atoms with E-state index >= 15 is 0 Å². The molecule has 5 rings (SSSR count). The Balaban J connectivity index is 1.25. The third kappa shape index (κ3) is 11.3. The Bertz CT molecular complexity index is 1680. The summed E-state index contributed by atoms with van der Waals surface area (Å²) >= 11 is 0. The summed E-state index contributed by atoms with van der Waals surface area (Å²) in [4.78, 5) is 24.8. The number of hydrogen-bond donors (Lipinski definition) is 0. The Morgan fingerprint density at radius 3 is 1.33 bits per heavy atom. The lowest BCUT2D eigenvalue weighted by Gasteiger charge is -2.21. The van der Waals surface area contributed by atoms with Crippen molar-refractivity contribution in [1.29, 1.82) is 0 Å². The third-order valence-corrected chi connectivity index (χ3v) is 7.51. The summed E-state index contributed by atoms with van der Waals surface area (Å²) in [6, 6.07) is 7.89. The molecular weight excluding hydrogens is 712 g/mol. The number of carbonyl (C=O) groups excluding carboxylic acids is 2. The minimum absolute atomic E-state index is 0.0672. The van der Waals surface area contributed by atoms with E-state index in [2.05, 4.69) is 9.47 Å². The largest absolute Gasteiger partial charge is 0.491 e. The predicted molar refractivity (Wildman–Crippen MR) is 168 cm³/mol. The molecule has 0 aliphatic carbocycles. The van der Waals surface area contributed by atoms with Crippen LogP contribution >= 0.6 is 0 Å². The van der Waals surface area contributed by atoms with Crippen LogP contribution in [0.15, 0.2) is 60.7 Å². The van der Waals surface area contributed by atoms with Crippen molar-refractivity contribution < 1.29 is 73.1 Å². The molecule has 0 radical (unpaired) electrons. The van der Waals surface area contributed by atoms with Crippen molar-refractivity contribution in [3.05, 3.63) is 94.6 Å². The molecule has 2 saturated heterocycles. The number of alkyl halides is 6. The van der Waals surface area contributed by atoms with Crippen LogP contribution < -0.4 is 18.9 Å². The van der Waals surface area contributed by atoms with Gasteiger partial charge in [-0.25, -0.2) is 18.4 Å². The van der Waals surface area contributed by atoms with E-state index in [1.165, 1.54) is 24.3 Å². The minimum Gasteiger partial charge on any atom is -0.491 e. The van der Waals surface area contributed by atoms with Crippen molar-refractivity contribution in [2.24, 2.45) is 0 Å². The van der Waals surface area contributed by atoms with Crippen molar-refractivity contribution >= 4 is 24.1 Å². The van der Waals surface area contributed by atoms with E-state index in [0.717, 1.165) is 37.1 Å². The second-order valence-corrected chi connectivity index (χ2v) is 11.6. The molecule has 2 aliphatic rings. The van der Waals surface area contributed by atoms with Gasteiger partial charge >= 0.3 is 24.3 Å². The molecule has 0 amide bonds. The molecule has 52 heavy (non-hydrogen) atoms. The average molecular weight is 743 g/mol. The Kier molecular flexibility index (Phi) is 12.2. The summed E-state index contributed by atoms with van der Waals surface area (Å²) in [7, 11) is 0. The summed E-state index contributed by atoms with van der Waals surface area (Å²) in [5.74, 6) is -7.87. The molecular formula is C36H30F8O8. The van der Waals surface area contributed by atoms with Crippen molar-refractivity contribution in [3.63, 3.8) is 0 Å². The molecule has 278 valence electrons. The van der Waals surface area contributed by atoms with Crippen LogP contribution in [-0.4, -0.2) is 50.6 Å². The zero-order valence-corrected chi connectivity index (χ0v) is 27.0. The highest BCUT2D eigenvalue weighted by Crippen LogP contribution is 2.49. The van der Waals surface area contributed by atoms with Crippen molar-refractivity contribution in [1.82, 2.24) is 0 Å². The smallest absolute Gasteiger partial charge is 0.420 e. The Labute approximate surface area is 291 Å². The van der Waals surface area contributed by atoms with Crippen molar-refractivity contribution in [2.75, 3.05) is 26.4 Å². The van der Waals surface area contributed by atoms with Crippen molar-refractivity contribution in [3.8, 4) is 23.0 Å². The lowest BCUT2D eigenvalue weighted by Crippen LogP contribution is -2.21. The summed E-state index contributed by atoms with van der Waals surface area (Å²) in [6.45, 7) is 1.79. The highest BCUT2D eigenvalue weighted by atomic mass is 19.4. The fraction of sp³-hybridized carbons (Fsp3) is 0.333. The summed E-state index contributed by atoms with van der Waals surface area (Å²) in [5.41, 5.74) is -4.73. The molecule has 2 atom stereocenters. The Morgan fingerprint density at radius 2 is 1.00 bits per heavy atom. The van der Waals surface area contributed by atoms with Crippen LogP contribution in [0.3, 0.4) is 0 Å². The molecule has 2 unspecified atom stereocenters. The molecule has 0 spiro atoms. The number of carbonyl (C=O) groups is 2. The van der Waals surface area contributed by atoms with Crippen LogP contribution in [0.4, 0.5) is 35.1 Å². The molecule has 2 fully saturated rings. The summed E-state index contributed by atoms with van der Waals surface area (Å²) in [5, 5.41) is 0. The van der Waals surface area contributed by atoms with Gasteiger partial charge in [-0.15, -0.1) is 0 Å². The normalized spacial score (nSPS) is 17.0. The van der Waals surface area contributed by atoms with Crippen LogP contribution in [-0.2, 0) is 31.4 Å². The van der Waals surface area contributed by atoms with Gasteiger partial charge in [0.2, 0.25) is 0 Å².